The predicted molar refractivity (Wildman–Crippen MR) is 92.1 cm³/mol. The number of nitrogens with zero attached hydrogens (tertiary/aromatic N) is 4. The van der Waals surface area contributed by atoms with E-state index in [2.05, 4.69) is 11.0 Å². The highest BCUT2D eigenvalue weighted by molar-refractivity contribution is 5.81. The number of carbonyl (C=O) groups is 2. The predicted octanol–water partition coefficient (Wildman–Crippen LogP) is 1.47. The molecule has 2 aliphatic heterocycles. The summed E-state index contributed by atoms with van der Waals surface area (Å²) < 4.78 is 0. The lowest BCUT2D eigenvalue weighted by atomic mass is 9.94. The SMILES string of the molecule is C[C@H](C(=O)N(C)CCC#N)N1CCC(CN2CCCCC2=O)CC1. The van der Waals surface area contributed by atoms with Crippen molar-refractivity contribution in [2.75, 3.05) is 39.8 Å². The first-order valence-electron chi connectivity index (χ1n) is 9.16. The summed E-state index contributed by atoms with van der Waals surface area (Å²) >= 11 is 0. The number of amides is 2. The van der Waals surface area contributed by atoms with Crippen LogP contribution < -0.4 is 0 Å². The van der Waals surface area contributed by atoms with Crippen molar-refractivity contribution >= 4 is 11.8 Å². The summed E-state index contributed by atoms with van der Waals surface area (Å²) in [7, 11) is 1.77. The highest BCUT2D eigenvalue weighted by atomic mass is 16.2. The second-order valence-corrected chi connectivity index (χ2v) is 7.12. The van der Waals surface area contributed by atoms with Crippen LogP contribution in [-0.4, -0.2) is 72.3 Å². The van der Waals surface area contributed by atoms with Crippen LogP contribution >= 0.6 is 0 Å². The largest absolute Gasteiger partial charge is 0.343 e. The number of hydrogen-bond donors (Lipinski definition) is 0. The minimum Gasteiger partial charge on any atom is -0.343 e. The van der Waals surface area contributed by atoms with E-state index in [4.69, 9.17) is 5.26 Å². The smallest absolute Gasteiger partial charge is 0.239 e. The summed E-state index contributed by atoms with van der Waals surface area (Å²) in [6.45, 7) is 6.07. The monoisotopic (exact) mass is 334 g/mol. The van der Waals surface area contributed by atoms with Crippen molar-refractivity contribution in [3.8, 4) is 6.07 Å². The molecule has 0 aliphatic carbocycles. The standard InChI is InChI=1S/C18H30N4O2/c1-15(18(24)20(2)10-5-9-19)21-12-7-16(8-13-21)14-22-11-4-3-6-17(22)23/h15-16H,3-8,10-14H2,1-2H3/t15-/m1/s1. The highest BCUT2D eigenvalue weighted by Gasteiger charge is 2.30. The van der Waals surface area contributed by atoms with Gasteiger partial charge in [-0.3, -0.25) is 14.5 Å². The topological polar surface area (TPSA) is 67.7 Å². The lowest BCUT2D eigenvalue weighted by Gasteiger charge is -2.38. The Balaban J connectivity index is 1.76. The van der Waals surface area contributed by atoms with Gasteiger partial charge in [-0.05, 0) is 51.6 Å². The fraction of sp³-hybridized carbons (Fsp3) is 0.833. The lowest BCUT2D eigenvalue weighted by Crippen LogP contribution is -2.50. The molecule has 2 fully saturated rings. The Morgan fingerprint density at radius 1 is 1.33 bits per heavy atom. The zero-order valence-corrected chi connectivity index (χ0v) is 15.0. The molecular weight excluding hydrogens is 304 g/mol. The molecule has 0 radical (unpaired) electrons. The maximum atomic E-state index is 12.4. The average Bonchev–Trinajstić information content (AvgIpc) is 2.61. The van der Waals surface area contributed by atoms with Gasteiger partial charge < -0.3 is 9.80 Å². The van der Waals surface area contributed by atoms with Crippen molar-refractivity contribution in [2.24, 2.45) is 5.92 Å². The summed E-state index contributed by atoms with van der Waals surface area (Å²) in [5.41, 5.74) is 0. The van der Waals surface area contributed by atoms with Crippen molar-refractivity contribution in [3.63, 3.8) is 0 Å². The summed E-state index contributed by atoms with van der Waals surface area (Å²) in [4.78, 5) is 30.3. The first-order valence-corrected chi connectivity index (χ1v) is 9.16. The van der Waals surface area contributed by atoms with Gasteiger partial charge in [-0.2, -0.15) is 5.26 Å². The van der Waals surface area contributed by atoms with E-state index in [1.165, 1.54) is 0 Å². The Morgan fingerprint density at radius 3 is 2.67 bits per heavy atom. The molecule has 134 valence electrons. The van der Waals surface area contributed by atoms with E-state index in [9.17, 15) is 9.59 Å². The summed E-state index contributed by atoms with van der Waals surface area (Å²) in [6.07, 6.45) is 5.34. The highest BCUT2D eigenvalue weighted by Crippen LogP contribution is 2.22. The number of rotatable bonds is 6. The van der Waals surface area contributed by atoms with Gasteiger partial charge >= 0.3 is 0 Å². The maximum absolute atomic E-state index is 12.4. The summed E-state index contributed by atoms with van der Waals surface area (Å²) in [6, 6.07) is 1.95. The molecule has 2 rings (SSSR count). The summed E-state index contributed by atoms with van der Waals surface area (Å²) in [5, 5.41) is 8.64. The first kappa shape index (κ1) is 18.7. The van der Waals surface area contributed by atoms with E-state index in [0.717, 1.165) is 51.9 Å². The van der Waals surface area contributed by atoms with Gasteiger partial charge in [0, 0.05) is 33.1 Å². The molecule has 6 heteroatoms. The third-order valence-corrected chi connectivity index (χ3v) is 5.39. The third-order valence-electron chi connectivity index (χ3n) is 5.39. The van der Waals surface area contributed by atoms with Gasteiger partial charge in [-0.25, -0.2) is 0 Å². The number of likely N-dealkylation sites (tertiary alicyclic amines) is 2. The van der Waals surface area contributed by atoms with Crippen molar-refractivity contribution < 1.29 is 9.59 Å². The van der Waals surface area contributed by atoms with Crippen LogP contribution in [0.3, 0.4) is 0 Å². The normalized spacial score (nSPS) is 21.4. The molecule has 2 amide bonds. The van der Waals surface area contributed by atoms with E-state index >= 15 is 0 Å². The number of nitriles is 1. The Bertz CT molecular complexity index is 480. The number of likely N-dealkylation sites (N-methyl/N-ethyl adjacent to an activating group) is 1. The number of carbonyl (C=O) groups excluding carboxylic acids is 2. The van der Waals surface area contributed by atoms with Crippen LogP contribution in [0.4, 0.5) is 0 Å². The molecule has 2 heterocycles. The molecule has 0 aromatic heterocycles. The molecule has 24 heavy (non-hydrogen) atoms. The minimum atomic E-state index is -0.133. The second kappa shape index (κ2) is 9.03. The van der Waals surface area contributed by atoms with Gasteiger partial charge in [-0.15, -0.1) is 0 Å². The number of piperidine rings is 2. The molecule has 0 N–H and O–H groups in total. The minimum absolute atomic E-state index is 0.0925. The van der Waals surface area contributed by atoms with Crippen molar-refractivity contribution in [1.29, 1.82) is 5.26 Å². The van der Waals surface area contributed by atoms with Gasteiger partial charge in [0.15, 0.2) is 0 Å². The van der Waals surface area contributed by atoms with E-state index in [1.54, 1.807) is 11.9 Å². The maximum Gasteiger partial charge on any atom is 0.239 e. The molecule has 0 aromatic rings. The molecule has 0 aromatic carbocycles. The first-order chi connectivity index (χ1) is 11.5. The third kappa shape index (κ3) is 4.94. The van der Waals surface area contributed by atoms with Crippen LogP contribution in [0.1, 0.15) is 45.4 Å². The van der Waals surface area contributed by atoms with Gasteiger partial charge in [0.2, 0.25) is 11.8 Å². The average molecular weight is 334 g/mol. The van der Waals surface area contributed by atoms with Gasteiger partial charge in [-0.1, -0.05) is 0 Å². The Labute approximate surface area is 145 Å². The van der Waals surface area contributed by atoms with Crippen LogP contribution in [0.5, 0.6) is 0 Å². The van der Waals surface area contributed by atoms with Crippen LogP contribution in [0.15, 0.2) is 0 Å². The molecule has 0 spiro atoms. The van der Waals surface area contributed by atoms with E-state index in [1.807, 2.05) is 11.8 Å². The fourth-order valence-electron chi connectivity index (χ4n) is 3.69. The van der Waals surface area contributed by atoms with E-state index < -0.39 is 0 Å². The van der Waals surface area contributed by atoms with Gasteiger partial charge in [0.25, 0.3) is 0 Å². The molecule has 0 bridgehead atoms. The Hall–Kier alpha value is -1.61. The second-order valence-electron chi connectivity index (χ2n) is 7.12. The van der Waals surface area contributed by atoms with Crippen LogP contribution in [0.25, 0.3) is 0 Å². The van der Waals surface area contributed by atoms with Crippen molar-refractivity contribution in [2.45, 2.75) is 51.5 Å². The van der Waals surface area contributed by atoms with E-state index in [-0.39, 0.29) is 11.9 Å². The quantitative estimate of drug-likeness (QED) is 0.738. The Morgan fingerprint density at radius 2 is 2.04 bits per heavy atom. The van der Waals surface area contributed by atoms with Crippen molar-refractivity contribution in [1.82, 2.24) is 14.7 Å². The zero-order valence-electron chi connectivity index (χ0n) is 15.0. The van der Waals surface area contributed by atoms with Gasteiger partial charge in [0.05, 0.1) is 18.5 Å². The molecule has 6 nitrogen and oxygen atoms in total. The molecule has 0 saturated carbocycles. The molecule has 0 unspecified atom stereocenters. The zero-order chi connectivity index (χ0) is 17.5. The lowest BCUT2D eigenvalue weighted by molar-refractivity contribution is -0.135. The molecule has 2 aliphatic rings. The van der Waals surface area contributed by atoms with Crippen LogP contribution in [-0.2, 0) is 9.59 Å². The van der Waals surface area contributed by atoms with Crippen LogP contribution in [0, 0.1) is 17.2 Å². The van der Waals surface area contributed by atoms with E-state index in [0.29, 0.717) is 31.2 Å². The molecule has 2 saturated heterocycles. The fourth-order valence-corrected chi connectivity index (χ4v) is 3.69. The van der Waals surface area contributed by atoms with Gasteiger partial charge in [0.1, 0.15) is 0 Å². The van der Waals surface area contributed by atoms with Crippen LogP contribution in [0.2, 0.25) is 0 Å². The molecular formula is C18H30N4O2. The number of hydrogen-bond acceptors (Lipinski definition) is 4. The Kier molecular flexibility index (Phi) is 7.04. The van der Waals surface area contributed by atoms with Crippen molar-refractivity contribution in [3.05, 3.63) is 0 Å². The molecule has 1 atom stereocenters. The summed E-state index contributed by atoms with van der Waals surface area (Å²) in [5.74, 6) is 0.961.